The van der Waals surface area contributed by atoms with E-state index in [4.69, 9.17) is 4.74 Å². The molecule has 0 fully saturated rings. The Balaban J connectivity index is 1.75. The lowest BCUT2D eigenvalue weighted by atomic mass is 10.0. The molecule has 5 nitrogen and oxygen atoms in total. The molecule has 0 aliphatic rings. The van der Waals surface area contributed by atoms with Crippen molar-refractivity contribution >= 4 is 5.69 Å². The maximum Gasteiger partial charge on any atom is 0.461 e. The van der Waals surface area contributed by atoms with E-state index < -0.39 is 43.2 Å². The molecule has 206 valence electrons. The number of aliphatic hydroxyl groups is 1. The molecule has 1 unspecified atom stereocenters. The van der Waals surface area contributed by atoms with Gasteiger partial charge < -0.3 is 19.5 Å². The molecule has 0 spiro atoms. The molecule has 2 N–H and O–H groups in total. The first-order valence-corrected chi connectivity index (χ1v) is 11.2. The minimum absolute atomic E-state index is 0.0203. The maximum atomic E-state index is 13.9. The average molecular weight is 546 g/mol. The van der Waals surface area contributed by atoms with Crippen molar-refractivity contribution in [2.45, 2.75) is 37.4 Å². The lowest BCUT2D eigenvalue weighted by Gasteiger charge is -2.32. The number of nitrogens with zero attached hydrogens (tertiary/aromatic N) is 1. The normalized spacial score (nSPS) is 13.8. The van der Waals surface area contributed by atoms with E-state index in [1.54, 1.807) is 24.3 Å². The summed E-state index contributed by atoms with van der Waals surface area (Å²) >= 11 is 0. The zero-order valence-corrected chi connectivity index (χ0v) is 20.3. The number of ether oxygens (including phenoxy) is 2. The smallest absolute Gasteiger partial charge is 0.457 e. The van der Waals surface area contributed by atoms with E-state index in [0.29, 0.717) is 5.75 Å². The third-order valence-corrected chi connectivity index (χ3v) is 5.39. The minimum Gasteiger partial charge on any atom is -0.457 e. The van der Waals surface area contributed by atoms with Crippen LogP contribution in [-0.4, -0.2) is 43.6 Å². The van der Waals surface area contributed by atoms with Gasteiger partial charge in [0.05, 0.1) is 0 Å². The number of rotatable bonds is 11. The van der Waals surface area contributed by atoms with Crippen molar-refractivity contribution in [1.29, 1.82) is 0 Å². The summed E-state index contributed by atoms with van der Waals surface area (Å²) in [4.78, 5) is 1.85. The molecule has 3 aromatic carbocycles. The van der Waals surface area contributed by atoms with Crippen LogP contribution in [-0.2, 0) is 13.0 Å². The largest absolute Gasteiger partial charge is 0.461 e. The highest BCUT2D eigenvalue weighted by Crippen LogP contribution is 2.34. The standard InChI is InChI=1S/C26H25F7N2O3/c1-35(2)19-8-5-10-21(14-19)37-20-9-3-6-17(12-20)15-24(36,26(31,32)33)34-16-18-7-4-11-22(13-18)38-25(29,30)23(27)28/h3-14,23,34,36H,15-16H2,1-2H3. The van der Waals surface area contributed by atoms with Gasteiger partial charge in [-0.2, -0.15) is 30.7 Å². The molecule has 0 radical (unpaired) electrons. The molecule has 12 heteroatoms. The van der Waals surface area contributed by atoms with E-state index in [0.717, 1.165) is 23.9 Å². The van der Waals surface area contributed by atoms with Crippen molar-refractivity contribution in [1.82, 2.24) is 5.32 Å². The SMILES string of the molecule is CN(C)c1cccc(Oc2cccc(CC(O)(NCc3cccc(OC(F)(F)C(F)F)c3)C(F)(F)F)c2)c1. The quantitative estimate of drug-likeness (QED) is 0.217. The van der Waals surface area contributed by atoms with Crippen molar-refractivity contribution in [3.05, 3.63) is 83.9 Å². The summed E-state index contributed by atoms with van der Waals surface area (Å²) in [6.07, 6.45) is -14.9. The number of nitrogens with one attached hydrogen (secondary N) is 1. The average Bonchev–Trinajstić information content (AvgIpc) is 2.82. The monoisotopic (exact) mass is 546 g/mol. The molecule has 0 saturated heterocycles. The highest BCUT2D eigenvalue weighted by molar-refractivity contribution is 5.50. The second-order valence-electron chi connectivity index (χ2n) is 8.64. The molecule has 0 aliphatic heterocycles. The van der Waals surface area contributed by atoms with Crippen LogP contribution in [0.4, 0.5) is 36.4 Å². The first-order valence-electron chi connectivity index (χ1n) is 11.2. The molecule has 1 atom stereocenters. The summed E-state index contributed by atoms with van der Waals surface area (Å²) in [5.74, 6) is 0.0261. The fourth-order valence-electron chi connectivity index (χ4n) is 3.41. The first-order chi connectivity index (χ1) is 17.7. The lowest BCUT2D eigenvalue weighted by molar-refractivity contribution is -0.273. The number of benzene rings is 3. The molecule has 0 bridgehead atoms. The van der Waals surface area contributed by atoms with Gasteiger partial charge in [-0.1, -0.05) is 30.3 Å². The molecular formula is C26H25F7N2O3. The predicted octanol–water partition coefficient (Wildman–Crippen LogP) is 6.36. The lowest BCUT2D eigenvalue weighted by Crippen LogP contribution is -2.58. The second-order valence-corrected chi connectivity index (χ2v) is 8.64. The van der Waals surface area contributed by atoms with Crippen LogP contribution in [0, 0.1) is 0 Å². The Bertz CT molecular complexity index is 1220. The maximum absolute atomic E-state index is 13.9. The highest BCUT2D eigenvalue weighted by Gasteiger charge is 2.53. The minimum atomic E-state index is -5.14. The van der Waals surface area contributed by atoms with E-state index in [2.05, 4.69) is 4.74 Å². The topological polar surface area (TPSA) is 54.0 Å². The number of hydrogen-bond donors (Lipinski definition) is 2. The molecule has 0 saturated carbocycles. The van der Waals surface area contributed by atoms with Gasteiger partial charge in [0.2, 0.25) is 5.72 Å². The summed E-state index contributed by atoms with van der Waals surface area (Å²) in [5, 5.41) is 12.5. The summed E-state index contributed by atoms with van der Waals surface area (Å²) in [6.45, 7) is -0.638. The molecule has 0 heterocycles. The van der Waals surface area contributed by atoms with Gasteiger partial charge in [0.25, 0.3) is 0 Å². The van der Waals surface area contributed by atoms with E-state index in [9.17, 15) is 35.8 Å². The summed E-state index contributed by atoms with van der Waals surface area (Å²) in [6, 6.07) is 17.0. The second kappa shape index (κ2) is 11.5. The first kappa shape index (κ1) is 29.1. The number of alkyl halides is 7. The fourth-order valence-corrected chi connectivity index (χ4v) is 3.41. The van der Waals surface area contributed by atoms with Gasteiger partial charge in [-0.05, 0) is 47.5 Å². The van der Waals surface area contributed by atoms with Crippen LogP contribution in [0.1, 0.15) is 11.1 Å². The third kappa shape index (κ3) is 7.51. The van der Waals surface area contributed by atoms with Crippen LogP contribution in [0.3, 0.4) is 0 Å². The van der Waals surface area contributed by atoms with Crippen LogP contribution in [0.25, 0.3) is 0 Å². The Kier molecular flexibility index (Phi) is 8.78. The summed E-state index contributed by atoms with van der Waals surface area (Å²) in [5.41, 5.74) is -2.50. The van der Waals surface area contributed by atoms with Crippen LogP contribution >= 0.6 is 0 Å². The Morgan fingerprint density at radius 2 is 1.37 bits per heavy atom. The zero-order valence-electron chi connectivity index (χ0n) is 20.3. The van der Waals surface area contributed by atoms with Crippen molar-refractivity contribution in [2.24, 2.45) is 0 Å². The zero-order chi connectivity index (χ0) is 28.1. The number of hydrogen-bond acceptors (Lipinski definition) is 5. The van der Waals surface area contributed by atoms with Gasteiger partial charge in [-0.3, -0.25) is 5.32 Å². The summed E-state index contributed by atoms with van der Waals surface area (Å²) < 4.78 is 103. The Hall–Kier alpha value is -3.51. The van der Waals surface area contributed by atoms with Crippen LogP contribution < -0.4 is 19.7 Å². The third-order valence-electron chi connectivity index (χ3n) is 5.39. The summed E-state index contributed by atoms with van der Waals surface area (Å²) in [7, 11) is 3.68. The Labute approximate surface area is 214 Å². The van der Waals surface area contributed by atoms with Gasteiger partial charge in [0.15, 0.2) is 0 Å². The molecule has 0 amide bonds. The predicted molar refractivity (Wildman–Crippen MR) is 127 cm³/mol. The molecular weight excluding hydrogens is 521 g/mol. The van der Waals surface area contributed by atoms with E-state index in [1.807, 2.05) is 30.4 Å². The van der Waals surface area contributed by atoms with Gasteiger partial charge in [0, 0.05) is 38.8 Å². The molecule has 3 aromatic rings. The Morgan fingerprint density at radius 3 is 1.97 bits per heavy atom. The van der Waals surface area contributed by atoms with Gasteiger partial charge >= 0.3 is 18.7 Å². The van der Waals surface area contributed by atoms with Crippen molar-refractivity contribution < 1.29 is 45.3 Å². The molecule has 0 aromatic heterocycles. The van der Waals surface area contributed by atoms with Crippen LogP contribution in [0.15, 0.2) is 72.8 Å². The van der Waals surface area contributed by atoms with Gasteiger partial charge in [0.1, 0.15) is 17.2 Å². The Morgan fingerprint density at radius 1 is 0.816 bits per heavy atom. The fraction of sp³-hybridized carbons (Fsp3) is 0.308. The van der Waals surface area contributed by atoms with Gasteiger partial charge in [-0.15, -0.1) is 0 Å². The number of anilines is 1. The molecule has 3 rings (SSSR count). The highest BCUT2D eigenvalue weighted by atomic mass is 19.4. The van der Waals surface area contributed by atoms with Crippen molar-refractivity contribution in [3.63, 3.8) is 0 Å². The number of halogens is 7. The molecule has 0 aliphatic carbocycles. The van der Waals surface area contributed by atoms with E-state index >= 15 is 0 Å². The van der Waals surface area contributed by atoms with E-state index in [1.165, 1.54) is 24.3 Å². The van der Waals surface area contributed by atoms with E-state index in [-0.39, 0.29) is 16.9 Å². The van der Waals surface area contributed by atoms with Crippen LogP contribution in [0.2, 0.25) is 0 Å². The van der Waals surface area contributed by atoms with Crippen molar-refractivity contribution in [2.75, 3.05) is 19.0 Å². The van der Waals surface area contributed by atoms with Crippen molar-refractivity contribution in [3.8, 4) is 17.2 Å². The van der Waals surface area contributed by atoms with Gasteiger partial charge in [-0.25, -0.2) is 0 Å². The van der Waals surface area contributed by atoms with Crippen LogP contribution in [0.5, 0.6) is 17.2 Å². The molecule has 38 heavy (non-hydrogen) atoms.